The van der Waals surface area contributed by atoms with E-state index in [4.69, 9.17) is 4.74 Å². The summed E-state index contributed by atoms with van der Waals surface area (Å²) in [5, 5.41) is 9.08. The van der Waals surface area contributed by atoms with Crippen molar-refractivity contribution in [3.05, 3.63) is 48.0 Å². The molecule has 3 N–H and O–H groups in total. The summed E-state index contributed by atoms with van der Waals surface area (Å²) >= 11 is 0. The van der Waals surface area contributed by atoms with E-state index in [1.165, 1.54) is 4.90 Å². The van der Waals surface area contributed by atoms with Crippen molar-refractivity contribution >= 4 is 17.7 Å². The summed E-state index contributed by atoms with van der Waals surface area (Å²) in [6, 6.07) is 7.67. The molecule has 188 valence electrons. The largest absolute Gasteiger partial charge is 0.376 e. The fourth-order valence-corrected chi connectivity index (χ4v) is 3.73. The van der Waals surface area contributed by atoms with Crippen LogP contribution < -0.4 is 16.0 Å². The number of carbonyl (C=O) groups is 3. The lowest BCUT2D eigenvalue weighted by Gasteiger charge is -2.32. The standard InChI is InChI=1S/C26H40N4O4/c1-5-19(2)23-26(33)30(4)20(3)24(31)29-22(18-21-12-8-6-9-13-21)25(32)28-14-10-7-11-16-34-17-15-27-23/h6-9,11-13,19-20,22-23,27H,5,10,14-18H2,1-4H3,(H,28,32)(H,29,31)/b11-7-/t19-,20+,22+,23-/m0/s1. The number of benzene rings is 1. The van der Waals surface area contributed by atoms with Gasteiger partial charge in [0.2, 0.25) is 17.7 Å². The van der Waals surface area contributed by atoms with Gasteiger partial charge in [0, 0.05) is 26.6 Å². The Bertz CT molecular complexity index is 814. The molecule has 34 heavy (non-hydrogen) atoms. The van der Waals surface area contributed by atoms with Gasteiger partial charge in [-0.2, -0.15) is 0 Å². The normalized spacial score (nSPS) is 26.1. The van der Waals surface area contributed by atoms with E-state index >= 15 is 0 Å². The zero-order valence-corrected chi connectivity index (χ0v) is 20.9. The van der Waals surface area contributed by atoms with E-state index < -0.39 is 18.1 Å². The molecule has 4 atom stereocenters. The van der Waals surface area contributed by atoms with Gasteiger partial charge in [-0.25, -0.2) is 0 Å². The number of nitrogens with one attached hydrogen (secondary N) is 3. The van der Waals surface area contributed by atoms with E-state index in [1.54, 1.807) is 14.0 Å². The lowest BCUT2D eigenvalue weighted by molar-refractivity contribution is -0.141. The van der Waals surface area contributed by atoms with E-state index in [1.807, 2.05) is 56.3 Å². The molecular weight excluding hydrogens is 432 g/mol. The third-order valence-electron chi connectivity index (χ3n) is 6.30. The van der Waals surface area contributed by atoms with Crippen LogP contribution in [0.5, 0.6) is 0 Å². The van der Waals surface area contributed by atoms with Gasteiger partial charge in [0.25, 0.3) is 0 Å². The number of likely N-dealkylation sites (N-methyl/N-ethyl adjacent to an activating group) is 1. The van der Waals surface area contributed by atoms with Crippen LogP contribution >= 0.6 is 0 Å². The number of carbonyl (C=O) groups excluding carboxylic acids is 3. The molecule has 3 amide bonds. The molecule has 1 aromatic rings. The van der Waals surface area contributed by atoms with Gasteiger partial charge in [-0.05, 0) is 24.8 Å². The molecule has 0 aromatic heterocycles. The maximum absolute atomic E-state index is 13.3. The Hall–Kier alpha value is -2.71. The predicted octanol–water partition coefficient (Wildman–Crippen LogP) is 1.66. The Morgan fingerprint density at radius 2 is 1.82 bits per heavy atom. The van der Waals surface area contributed by atoms with Crippen LogP contribution in [0.25, 0.3) is 0 Å². The maximum Gasteiger partial charge on any atom is 0.243 e. The topological polar surface area (TPSA) is 99.8 Å². The van der Waals surface area contributed by atoms with Gasteiger partial charge in [0.1, 0.15) is 12.1 Å². The molecule has 8 heteroatoms. The first-order valence-corrected chi connectivity index (χ1v) is 12.2. The number of hydrogen-bond donors (Lipinski definition) is 3. The zero-order chi connectivity index (χ0) is 24.9. The number of amides is 3. The number of nitrogens with zero attached hydrogens (tertiary/aromatic N) is 1. The second-order valence-electron chi connectivity index (χ2n) is 8.82. The summed E-state index contributed by atoms with van der Waals surface area (Å²) in [5.74, 6) is -0.670. The van der Waals surface area contributed by atoms with Gasteiger partial charge >= 0.3 is 0 Å². The van der Waals surface area contributed by atoms with E-state index in [0.29, 0.717) is 39.1 Å². The van der Waals surface area contributed by atoms with Gasteiger partial charge < -0.3 is 25.6 Å². The molecule has 0 saturated carbocycles. The van der Waals surface area contributed by atoms with Crippen LogP contribution in [0.2, 0.25) is 0 Å². The van der Waals surface area contributed by atoms with Gasteiger partial charge in [0.05, 0.1) is 19.3 Å². The molecule has 1 aromatic carbocycles. The third-order valence-corrected chi connectivity index (χ3v) is 6.30. The van der Waals surface area contributed by atoms with Crippen molar-refractivity contribution in [1.82, 2.24) is 20.9 Å². The number of ether oxygens (including phenoxy) is 1. The Morgan fingerprint density at radius 3 is 2.53 bits per heavy atom. The monoisotopic (exact) mass is 472 g/mol. The van der Waals surface area contributed by atoms with E-state index in [9.17, 15) is 14.4 Å². The second-order valence-corrected chi connectivity index (χ2v) is 8.82. The SMILES string of the molecule is CC[C@H](C)[C@@H]1NCCOC/C=C\CCNC(=O)[C@@H](Cc2ccccc2)NC(=O)[C@@H](C)N(C)C1=O. The molecule has 0 radical (unpaired) electrons. The van der Waals surface area contributed by atoms with E-state index in [-0.39, 0.29) is 23.6 Å². The lowest BCUT2D eigenvalue weighted by Crippen LogP contribution is -2.57. The summed E-state index contributed by atoms with van der Waals surface area (Å²) in [6.45, 7) is 7.69. The minimum Gasteiger partial charge on any atom is -0.376 e. The van der Waals surface area contributed by atoms with Crippen LogP contribution in [0, 0.1) is 5.92 Å². The molecule has 0 unspecified atom stereocenters. The van der Waals surface area contributed by atoms with Crippen LogP contribution in [0.1, 0.15) is 39.2 Å². The second kappa shape index (κ2) is 14.5. The lowest BCUT2D eigenvalue weighted by atomic mass is 9.97. The Kier molecular flexibility index (Phi) is 11.8. The van der Waals surface area contributed by atoms with Crippen LogP contribution in [-0.2, 0) is 25.5 Å². The van der Waals surface area contributed by atoms with Crippen molar-refractivity contribution in [3.8, 4) is 0 Å². The molecule has 0 bridgehead atoms. The summed E-state index contributed by atoms with van der Waals surface area (Å²) in [7, 11) is 1.63. The van der Waals surface area contributed by atoms with Gasteiger partial charge in [-0.15, -0.1) is 0 Å². The fourth-order valence-electron chi connectivity index (χ4n) is 3.73. The minimum absolute atomic E-state index is 0.0901. The molecule has 0 saturated heterocycles. The summed E-state index contributed by atoms with van der Waals surface area (Å²) < 4.78 is 5.62. The van der Waals surface area contributed by atoms with Crippen LogP contribution in [-0.4, -0.2) is 74.1 Å². The van der Waals surface area contributed by atoms with Gasteiger partial charge in [-0.3, -0.25) is 14.4 Å². The summed E-state index contributed by atoms with van der Waals surface area (Å²) in [6.07, 6.45) is 5.74. The molecule has 1 heterocycles. The van der Waals surface area contributed by atoms with Crippen molar-refractivity contribution in [2.24, 2.45) is 5.92 Å². The van der Waals surface area contributed by atoms with Crippen LogP contribution in [0.15, 0.2) is 42.5 Å². The molecule has 0 aliphatic carbocycles. The van der Waals surface area contributed by atoms with E-state index in [0.717, 1.165) is 12.0 Å². The average molecular weight is 473 g/mol. The van der Waals surface area contributed by atoms with Crippen molar-refractivity contribution < 1.29 is 19.1 Å². The first-order chi connectivity index (χ1) is 16.3. The highest BCUT2D eigenvalue weighted by molar-refractivity contribution is 5.93. The maximum atomic E-state index is 13.3. The summed E-state index contributed by atoms with van der Waals surface area (Å²) in [4.78, 5) is 40.8. The smallest absolute Gasteiger partial charge is 0.243 e. The third kappa shape index (κ3) is 8.57. The predicted molar refractivity (Wildman–Crippen MR) is 133 cm³/mol. The average Bonchev–Trinajstić information content (AvgIpc) is 2.85. The van der Waals surface area contributed by atoms with Crippen molar-refractivity contribution in [2.45, 2.75) is 58.2 Å². The Balaban J connectivity index is 2.22. The molecule has 1 aliphatic rings. The van der Waals surface area contributed by atoms with Crippen molar-refractivity contribution in [1.29, 1.82) is 0 Å². The van der Waals surface area contributed by atoms with Crippen molar-refractivity contribution in [3.63, 3.8) is 0 Å². The van der Waals surface area contributed by atoms with E-state index in [2.05, 4.69) is 16.0 Å². The molecule has 0 fully saturated rings. The van der Waals surface area contributed by atoms with Gasteiger partial charge in [0.15, 0.2) is 0 Å². The highest BCUT2D eigenvalue weighted by atomic mass is 16.5. The Labute approximate surface area is 203 Å². The fraction of sp³-hybridized carbons (Fsp3) is 0.577. The van der Waals surface area contributed by atoms with Crippen LogP contribution in [0.4, 0.5) is 0 Å². The quantitative estimate of drug-likeness (QED) is 0.579. The summed E-state index contributed by atoms with van der Waals surface area (Å²) in [5.41, 5.74) is 0.945. The molecular formula is C26H40N4O4. The first kappa shape index (κ1) is 27.5. The molecule has 0 spiro atoms. The minimum atomic E-state index is -0.740. The highest BCUT2D eigenvalue weighted by Crippen LogP contribution is 2.13. The molecule has 1 aliphatic heterocycles. The first-order valence-electron chi connectivity index (χ1n) is 12.2. The van der Waals surface area contributed by atoms with Crippen LogP contribution in [0.3, 0.4) is 0 Å². The van der Waals surface area contributed by atoms with Crippen molar-refractivity contribution in [2.75, 3.05) is 33.4 Å². The number of hydrogen-bond acceptors (Lipinski definition) is 5. The molecule has 2 rings (SSSR count). The van der Waals surface area contributed by atoms with Gasteiger partial charge in [-0.1, -0.05) is 62.8 Å². The number of rotatable bonds is 4. The molecule has 8 nitrogen and oxygen atoms in total. The highest BCUT2D eigenvalue weighted by Gasteiger charge is 2.32. The zero-order valence-electron chi connectivity index (χ0n) is 20.9. The Morgan fingerprint density at radius 1 is 1.09 bits per heavy atom.